The van der Waals surface area contributed by atoms with Crippen molar-refractivity contribution in [3.8, 4) is 11.5 Å². The van der Waals surface area contributed by atoms with E-state index in [0.29, 0.717) is 48.1 Å². The quantitative estimate of drug-likeness (QED) is 0.865. The molecule has 2 aromatic carbocycles. The molecule has 0 atom stereocenters. The van der Waals surface area contributed by atoms with Crippen molar-refractivity contribution in [1.29, 1.82) is 0 Å². The first-order valence-electron chi connectivity index (χ1n) is 8.07. The predicted octanol–water partition coefficient (Wildman–Crippen LogP) is 3.20. The Balaban J connectivity index is 1.75. The predicted molar refractivity (Wildman–Crippen MR) is 92.5 cm³/mol. The van der Waals surface area contributed by atoms with Crippen LogP contribution in [0.25, 0.3) is 0 Å². The Kier molecular flexibility index (Phi) is 4.88. The molecule has 0 fully saturated rings. The molecule has 0 bridgehead atoms. The van der Waals surface area contributed by atoms with Crippen molar-refractivity contribution in [1.82, 2.24) is 0 Å². The van der Waals surface area contributed by atoms with Crippen LogP contribution in [0.2, 0.25) is 0 Å². The van der Waals surface area contributed by atoms with Gasteiger partial charge in [-0.05, 0) is 55.8 Å². The van der Waals surface area contributed by atoms with Crippen LogP contribution >= 0.6 is 0 Å². The van der Waals surface area contributed by atoms with Crippen molar-refractivity contribution in [2.45, 2.75) is 13.8 Å². The Morgan fingerprint density at radius 1 is 1.04 bits per heavy atom. The Bertz CT molecular complexity index is 815. The number of fused-ring (bicyclic) bond motifs is 1. The average molecular weight is 341 g/mol. The minimum Gasteiger partial charge on any atom is -0.486 e. The lowest BCUT2D eigenvalue weighted by Gasteiger charge is -2.18. The smallest absolute Gasteiger partial charge is 0.338 e. The monoisotopic (exact) mass is 341 g/mol. The van der Waals surface area contributed by atoms with Gasteiger partial charge in [-0.2, -0.15) is 0 Å². The van der Waals surface area contributed by atoms with Gasteiger partial charge in [0.25, 0.3) is 5.91 Å². The number of ether oxygens (including phenoxy) is 3. The first-order valence-corrected chi connectivity index (χ1v) is 8.07. The Labute approximate surface area is 145 Å². The molecule has 0 saturated carbocycles. The summed E-state index contributed by atoms with van der Waals surface area (Å²) in [7, 11) is 0. The molecule has 0 radical (unpaired) electrons. The van der Waals surface area contributed by atoms with Gasteiger partial charge in [0.15, 0.2) is 11.5 Å². The topological polar surface area (TPSA) is 73.9 Å². The second-order valence-electron chi connectivity index (χ2n) is 5.56. The van der Waals surface area contributed by atoms with Crippen molar-refractivity contribution in [2.24, 2.45) is 0 Å². The molecular formula is C19H19NO5. The van der Waals surface area contributed by atoms with Crippen molar-refractivity contribution in [3.63, 3.8) is 0 Å². The van der Waals surface area contributed by atoms with Crippen molar-refractivity contribution in [2.75, 3.05) is 25.1 Å². The second-order valence-corrected chi connectivity index (χ2v) is 5.56. The first kappa shape index (κ1) is 16.8. The normalized spacial score (nSPS) is 12.4. The third kappa shape index (κ3) is 3.74. The number of hydrogen-bond donors (Lipinski definition) is 1. The van der Waals surface area contributed by atoms with Crippen LogP contribution in [-0.4, -0.2) is 31.7 Å². The highest BCUT2D eigenvalue weighted by Crippen LogP contribution is 2.31. The minimum atomic E-state index is -0.379. The molecule has 0 aromatic heterocycles. The standard InChI is InChI=1S/C19H19NO5/c1-3-23-19(22)14-4-6-15(12(2)10-14)20-18(21)13-5-7-16-17(11-13)25-9-8-24-16/h4-7,10-11H,3,8-9H2,1-2H3,(H,20,21). The van der Waals surface area contributed by atoms with Gasteiger partial charge < -0.3 is 19.5 Å². The molecule has 1 N–H and O–H groups in total. The summed E-state index contributed by atoms with van der Waals surface area (Å²) in [6.45, 7) is 4.87. The molecule has 130 valence electrons. The van der Waals surface area contributed by atoms with Gasteiger partial charge >= 0.3 is 5.97 Å². The summed E-state index contributed by atoms with van der Waals surface area (Å²) < 4.78 is 15.9. The van der Waals surface area contributed by atoms with E-state index < -0.39 is 0 Å². The van der Waals surface area contributed by atoms with Gasteiger partial charge in [0.2, 0.25) is 0 Å². The van der Waals surface area contributed by atoms with Crippen molar-refractivity contribution < 1.29 is 23.8 Å². The van der Waals surface area contributed by atoms with Crippen LogP contribution < -0.4 is 14.8 Å². The van der Waals surface area contributed by atoms with Crippen LogP contribution in [0.15, 0.2) is 36.4 Å². The maximum Gasteiger partial charge on any atom is 0.338 e. The zero-order valence-corrected chi connectivity index (χ0v) is 14.1. The molecular weight excluding hydrogens is 322 g/mol. The zero-order chi connectivity index (χ0) is 17.8. The number of esters is 1. The molecule has 0 aliphatic carbocycles. The summed E-state index contributed by atoms with van der Waals surface area (Å²) in [5.41, 5.74) is 2.33. The molecule has 1 heterocycles. The summed E-state index contributed by atoms with van der Waals surface area (Å²) in [5, 5.41) is 2.84. The van der Waals surface area contributed by atoms with E-state index in [1.807, 2.05) is 6.92 Å². The number of carbonyl (C=O) groups is 2. The van der Waals surface area contributed by atoms with Gasteiger partial charge in [0.1, 0.15) is 13.2 Å². The summed E-state index contributed by atoms with van der Waals surface area (Å²) in [6, 6.07) is 10.1. The molecule has 6 nitrogen and oxygen atoms in total. The molecule has 0 unspecified atom stereocenters. The van der Waals surface area contributed by atoms with Gasteiger partial charge in [-0.15, -0.1) is 0 Å². The number of hydrogen-bond acceptors (Lipinski definition) is 5. The average Bonchev–Trinajstić information content (AvgIpc) is 2.63. The van der Waals surface area contributed by atoms with E-state index in [1.165, 1.54) is 0 Å². The molecule has 25 heavy (non-hydrogen) atoms. The lowest BCUT2D eigenvalue weighted by atomic mass is 10.1. The van der Waals surface area contributed by atoms with Gasteiger partial charge in [0.05, 0.1) is 12.2 Å². The maximum absolute atomic E-state index is 12.5. The fourth-order valence-corrected chi connectivity index (χ4v) is 2.52. The number of aryl methyl sites for hydroxylation is 1. The molecule has 0 spiro atoms. The van der Waals surface area contributed by atoms with Crippen LogP contribution in [0.4, 0.5) is 5.69 Å². The van der Waals surface area contributed by atoms with E-state index >= 15 is 0 Å². The summed E-state index contributed by atoms with van der Waals surface area (Å²) in [5.74, 6) is 0.560. The third-order valence-corrected chi connectivity index (χ3v) is 3.79. The lowest BCUT2D eigenvalue weighted by Crippen LogP contribution is -2.17. The first-order chi connectivity index (χ1) is 12.1. The van der Waals surface area contributed by atoms with Crippen molar-refractivity contribution >= 4 is 17.6 Å². The van der Waals surface area contributed by atoms with Crippen LogP contribution in [0.1, 0.15) is 33.2 Å². The highest BCUT2D eigenvalue weighted by molar-refractivity contribution is 6.05. The Morgan fingerprint density at radius 3 is 2.48 bits per heavy atom. The summed E-state index contributed by atoms with van der Waals surface area (Å²) in [4.78, 5) is 24.2. The molecule has 1 aliphatic rings. The van der Waals surface area contributed by atoms with Gasteiger partial charge in [0, 0.05) is 11.3 Å². The van der Waals surface area contributed by atoms with E-state index in [9.17, 15) is 9.59 Å². The van der Waals surface area contributed by atoms with Crippen LogP contribution in [-0.2, 0) is 4.74 Å². The number of amides is 1. The Morgan fingerprint density at radius 2 is 1.76 bits per heavy atom. The van der Waals surface area contributed by atoms with Crippen LogP contribution in [0.3, 0.4) is 0 Å². The van der Waals surface area contributed by atoms with Gasteiger partial charge in [-0.25, -0.2) is 4.79 Å². The van der Waals surface area contributed by atoms with E-state index in [0.717, 1.165) is 5.56 Å². The summed E-state index contributed by atoms with van der Waals surface area (Å²) in [6.07, 6.45) is 0. The minimum absolute atomic E-state index is 0.260. The SMILES string of the molecule is CCOC(=O)c1ccc(NC(=O)c2ccc3c(c2)OCCO3)c(C)c1. The van der Waals surface area contributed by atoms with E-state index in [2.05, 4.69) is 5.32 Å². The van der Waals surface area contributed by atoms with Gasteiger partial charge in [-0.1, -0.05) is 0 Å². The Hall–Kier alpha value is -3.02. The molecule has 3 rings (SSSR count). The highest BCUT2D eigenvalue weighted by Gasteiger charge is 2.16. The number of carbonyl (C=O) groups excluding carboxylic acids is 2. The maximum atomic E-state index is 12.5. The second kappa shape index (κ2) is 7.25. The fraction of sp³-hybridized carbons (Fsp3) is 0.263. The summed E-state index contributed by atoms with van der Waals surface area (Å²) >= 11 is 0. The molecule has 0 saturated heterocycles. The number of nitrogens with one attached hydrogen (secondary N) is 1. The van der Waals surface area contributed by atoms with E-state index in [-0.39, 0.29) is 11.9 Å². The van der Waals surface area contributed by atoms with Crippen LogP contribution in [0, 0.1) is 6.92 Å². The van der Waals surface area contributed by atoms with Crippen LogP contribution in [0.5, 0.6) is 11.5 Å². The third-order valence-electron chi connectivity index (χ3n) is 3.79. The molecule has 1 aliphatic heterocycles. The highest BCUT2D eigenvalue weighted by atomic mass is 16.6. The number of benzene rings is 2. The largest absolute Gasteiger partial charge is 0.486 e. The molecule has 2 aromatic rings. The molecule has 6 heteroatoms. The van der Waals surface area contributed by atoms with Gasteiger partial charge in [-0.3, -0.25) is 4.79 Å². The van der Waals surface area contributed by atoms with E-state index in [1.54, 1.807) is 43.3 Å². The molecule has 1 amide bonds. The number of rotatable bonds is 4. The van der Waals surface area contributed by atoms with E-state index in [4.69, 9.17) is 14.2 Å². The zero-order valence-electron chi connectivity index (χ0n) is 14.1. The number of anilines is 1. The van der Waals surface area contributed by atoms with Crippen molar-refractivity contribution in [3.05, 3.63) is 53.1 Å². The lowest BCUT2D eigenvalue weighted by molar-refractivity contribution is 0.0526. The fourth-order valence-electron chi connectivity index (χ4n) is 2.52.